The number of methoxy groups -OCH3 is 2. The number of carbonyl (C=O) groups excluding carboxylic acids is 1. The molecule has 0 radical (unpaired) electrons. The molecule has 0 spiro atoms. The monoisotopic (exact) mass is 481 g/mol. The third kappa shape index (κ3) is 4.91. The molecule has 3 aromatic rings. The maximum atomic E-state index is 13.2. The summed E-state index contributed by atoms with van der Waals surface area (Å²) in [6.45, 7) is 2.00. The second-order valence-corrected chi connectivity index (χ2v) is 10.6. The Morgan fingerprint density at radius 3 is 2.27 bits per heavy atom. The Hall–Kier alpha value is -3.23. The fraction of sp³-hybridized carbons (Fsp3) is 0.160. The Labute approximate surface area is 197 Å². The summed E-state index contributed by atoms with van der Waals surface area (Å²) in [4.78, 5) is 14.1. The van der Waals surface area contributed by atoms with E-state index >= 15 is 0 Å². The topological polar surface area (TPSA) is 81.7 Å². The highest BCUT2D eigenvalue weighted by Crippen LogP contribution is 2.41. The lowest BCUT2D eigenvalue weighted by atomic mass is 10.1. The molecule has 1 aliphatic heterocycles. The van der Waals surface area contributed by atoms with Crippen LogP contribution in [0.1, 0.15) is 16.7 Å². The van der Waals surface area contributed by atoms with E-state index in [2.05, 4.69) is 5.32 Å². The molecule has 0 unspecified atom stereocenters. The number of sulfone groups is 1. The third-order valence-corrected chi connectivity index (χ3v) is 7.98. The predicted octanol–water partition coefficient (Wildman–Crippen LogP) is 5.07. The molecule has 6 nitrogen and oxygen atoms in total. The fourth-order valence-corrected chi connectivity index (χ4v) is 5.83. The Morgan fingerprint density at radius 2 is 1.64 bits per heavy atom. The van der Waals surface area contributed by atoms with Gasteiger partial charge in [-0.25, -0.2) is 8.42 Å². The molecule has 1 heterocycles. The predicted molar refractivity (Wildman–Crippen MR) is 131 cm³/mol. The Bertz CT molecular complexity index is 1320. The first kappa shape index (κ1) is 22.9. The largest absolute Gasteiger partial charge is 0.496 e. The van der Waals surface area contributed by atoms with E-state index in [1.54, 1.807) is 30.3 Å². The highest BCUT2D eigenvalue weighted by molar-refractivity contribution is 8.04. The van der Waals surface area contributed by atoms with Gasteiger partial charge in [-0.05, 0) is 48.9 Å². The zero-order chi connectivity index (χ0) is 23.6. The molecule has 0 bridgehead atoms. The average Bonchev–Trinajstić information content (AvgIpc) is 2.80. The van der Waals surface area contributed by atoms with Crippen LogP contribution in [0.3, 0.4) is 0 Å². The van der Waals surface area contributed by atoms with Gasteiger partial charge in [-0.3, -0.25) is 4.79 Å². The number of benzene rings is 3. The number of thioether (sulfide) groups is 1. The van der Waals surface area contributed by atoms with Gasteiger partial charge < -0.3 is 14.8 Å². The summed E-state index contributed by atoms with van der Waals surface area (Å²) in [5, 5.41) is 2.82. The molecule has 4 rings (SSSR count). The van der Waals surface area contributed by atoms with Crippen LogP contribution in [0.15, 0.2) is 75.4 Å². The van der Waals surface area contributed by atoms with Crippen LogP contribution in [0.2, 0.25) is 0 Å². The minimum atomic E-state index is -3.73. The van der Waals surface area contributed by atoms with E-state index in [-0.39, 0.29) is 16.6 Å². The van der Waals surface area contributed by atoms with E-state index in [0.717, 1.165) is 16.0 Å². The van der Waals surface area contributed by atoms with Gasteiger partial charge in [-0.1, -0.05) is 47.7 Å². The van der Waals surface area contributed by atoms with Gasteiger partial charge in [0.25, 0.3) is 5.91 Å². The first-order valence-corrected chi connectivity index (χ1v) is 12.6. The van der Waals surface area contributed by atoms with E-state index in [9.17, 15) is 13.2 Å². The molecule has 8 heteroatoms. The van der Waals surface area contributed by atoms with Gasteiger partial charge in [-0.15, -0.1) is 0 Å². The highest BCUT2D eigenvalue weighted by Gasteiger charge is 2.26. The van der Waals surface area contributed by atoms with Gasteiger partial charge in [0.05, 0.1) is 41.0 Å². The fourth-order valence-electron chi connectivity index (χ4n) is 3.49. The van der Waals surface area contributed by atoms with Gasteiger partial charge in [0, 0.05) is 4.90 Å². The number of hydrogen-bond donors (Lipinski definition) is 1. The van der Waals surface area contributed by atoms with E-state index in [1.165, 1.54) is 32.0 Å². The molecule has 1 amide bonds. The first-order valence-electron chi connectivity index (χ1n) is 10.1. The lowest BCUT2D eigenvalue weighted by molar-refractivity contribution is -0.112. The molecule has 0 saturated heterocycles. The zero-order valence-electron chi connectivity index (χ0n) is 18.4. The lowest BCUT2D eigenvalue weighted by Crippen LogP contribution is -2.18. The van der Waals surface area contributed by atoms with Gasteiger partial charge in [-0.2, -0.15) is 0 Å². The normalized spacial score (nSPS) is 14.5. The number of ether oxygens (including phenoxy) is 2. The van der Waals surface area contributed by atoms with Crippen molar-refractivity contribution in [3.05, 3.63) is 82.3 Å². The molecular formula is C25H23NO5S2. The number of amides is 1. The van der Waals surface area contributed by atoms with Crippen LogP contribution in [0, 0.1) is 6.92 Å². The van der Waals surface area contributed by atoms with E-state index < -0.39 is 9.84 Å². The molecule has 0 saturated carbocycles. The third-order valence-electron chi connectivity index (χ3n) is 5.24. The van der Waals surface area contributed by atoms with Crippen LogP contribution in [0.4, 0.5) is 5.69 Å². The molecule has 170 valence electrons. The van der Waals surface area contributed by atoms with Crippen molar-refractivity contribution >= 4 is 39.3 Å². The highest BCUT2D eigenvalue weighted by atomic mass is 32.2. The van der Waals surface area contributed by atoms with Crippen LogP contribution < -0.4 is 14.8 Å². The van der Waals surface area contributed by atoms with Crippen molar-refractivity contribution in [2.75, 3.05) is 19.5 Å². The van der Waals surface area contributed by atoms with Gasteiger partial charge in [0.1, 0.15) is 11.5 Å². The van der Waals surface area contributed by atoms with E-state index in [0.29, 0.717) is 27.7 Å². The summed E-state index contributed by atoms with van der Waals surface area (Å²) in [6, 6.07) is 17.8. The number of nitrogens with one attached hydrogen (secondary N) is 1. The van der Waals surface area contributed by atoms with Crippen molar-refractivity contribution in [1.82, 2.24) is 0 Å². The van der Waals surface area contributed by atoms with Crippen LogP contribution in [-0.2, 0) is 20.4 Å². The summed E-state index contributed by atoms with van der Waals surface area (Å²) in [7, 11) is -0.762. The average molecular weight is 482 g/mol. The van der Waals surface area contributed by atoms with Crippen LogP contribution >= 0.6 is 11.8 Å². The Kier molecular flexibility index (Phi) is 6.49. The van der Waals surface area contributed by atoms with Crippen molar-refractivity contribution in [1.29, 1.82) is 0 Å². The molecule has 0 aromatic heterocycles. The molecule has 1 aliphatic rings. The molecule has 0 atom stereocenters. The van der Waals surface area contributed by atoms with Crippen LogP contribution in [-0.4, -0.2) is 28.5 Å². The van der Waals surface area contributed by atoms with Gasteiger partial charge in [0.15, 0.2) is 9.84 Å². The van der Waals surface area contributed by atoms with Gasteiger partial charge in [0.2, 0.25) is 0 Å². The van der Waals surface area contributed by atoms with Crippen LogP contribution in [0.25, 0.3) is 6.08 Å². The zero-order valence-corrected chi connectivity index (χ0v) is 20.0. The van der Waals surface area contributed by atoms with Crippen molar-refractivity contribution in [2.45, 2.75) is 22.5 Å². The van der Waals surface area contributed by atoms with Gasteiger partial charge >= 0.3 is 0 Å². The lowest BCUT2D eigenvalue weighted by Gasteiger charge is -2.20. The number of rotatable bonds is 6. The number of fused-ring (bicyclic) bond motifs is 1. The second kappa shape index (κ2) is 9.33. The molecule has 0 aliphatic carbocycles. The minimum Gasteiger partial charge on any atom is -0.496 e. The maximum Gasteiger partial charge on any atom is 0.262 e. The van der Waals surface area contributed by atoms with Crippen molar-refractivity contribution in [3.8, 4) is 11.5 Å². The number of aryl methyl sites for hydroxylation is 1. The Morgan fingerprint density at radius 1 is 0.970 bits per heavy atom. The molecular weight excluding hydrogens is 458 g/mol. The Balaban J connectivity index is 1.63. The quantitative estimate of drug-likeness (QED) is 0.495. The first-order chi connectivity index (χ1) is 15.8. The summed E-state index contributed by atoms with van der Waals surface area (Å²) >= 11 is 1.31. The number of hydrogen-bond acceptors (Lipinski definition) is 6. The number of carbonyl (C=O) groups is 1. The summed E-state index contributed by atoms with van der Waals surface area (Å²) in [6.07, 6.45) is 1.82. The summed E-state index contributed by atoms with van der Waals surface area (Å²) in [5.41, 5.74) is 2.98. The SMILES string of the molecule is COc1cccc(OC)c1CS(=O)(=O)c1ccc2c(c1)NC(=O)C(=Cc1ccc(C)cc1)S2. The van der Waals surface area contributed by atoms with E-state index in [4.69, 9.17) is 9.47 Å². The summed E-state index contributed by atoms with van der Waals surface area (Å²) in [5.74, 6) is 0.309. The molecule has 33 heavy (non-hydrogen) atoms. The minimum absolute atomic E-state index is 0.112. The second-order valence-electron chi connectivity index (χ2n) is 7.53. The molecule has 0 fully saturated rings. The summed E-state index contributed by atoms with van der Waals surface area (Å²) < 4.78 is 37.1. The molecule has 3 aromatic carbocycles. The van der Waals surface area contributed by atoms with Crippen molar-refractivity contribution in [2.24, 2.45) is 0 Å². The van der Waals surface area contributed by atoms with Crippen molar-refractivity contribution in [3.63, 3.8) is 0 Å². The smallest absolute Gasteiger partial charge is 0.262 e. The van der Waals surface area contributed by atoms with Crippen LogP contribution in [0.5, 0.6) is 11.5 Å². The standard InChI is InChI=1S/C25H23NO5S2/c1-16-7-9-17(10-8-16)13-24-25(27)26-20-14-18(11-12-23(20)32-24)33(28,29)15-19-21(30-2)5-4-6-22(19)31-3/h4-14H,15H2,1-3H3,(H,26,27). The number of anilines is 1. The van der Waals surface area contributed by atoms with Crippen molar-refractivity contribution < 1.29 is 22.7 Å². The van der Waals surface area contributed by atoms with E-state index in [1.807, 2.05) is 37.3 Å². The molecule has 1 N–H and O–H groups in total. The maximum absolute atomic E-state index is 13.2.